The SMILES string of the molecule is Cc1ccc(S(=O)(=O)Nc2ccc(Cl)cc2S(=O)(=O)c2cccnc2)cc1. The molecule has 0 radical (unpaired) electrons. The molecule has 9 heteroatoms. The Morgan fingerprint density at radius 1 is 0.926 bits per heavy atom. The van der Waals surface area contributed by atoms with Crippen LogP contribution in [0.25, 0.3) is 0 Å². The Bertz CT molecular complexity index is 1180. The first-order valence-electron chi connectivity index (χ1n) is 7.74. The Morgan fingerprint density at radius 3 is 2.26 bits per heavy atom. The molecular formula is C18H15ClN2O4S2. The maximum atomic E-state index is 12.9. The second-order valence-electron chi connectivity index (χ2n) is 5.75. The van der Waals surface area contributed by atoms with E-state index in [2.05, 4.69) is 9.71 Å². The predicted molar refractivity (Wildman–Crippen MR) is 103 cm³/mol. The van der Waals surface area contributed by atoms with Crippen molar-refractivity contribution in [2.45, 2.75) is 21.6 Å². The summed E-state index contributed by atoms with van der Waals surface area (Å²) in [4.78, 5) is 3.51. The van der Waals surface area contributed by atoms with Crippen LogP contribution in [0.2, 0.25) is 5.02 Å². The molecule has 2 aromatic carbocycles. The first-order chi connectivity index (χ1) is 12.7. The van der Waals surface area contributed by atoms with E-state index < -0.39 is 19.9 Å². The van der Waals surface area contributed by atoms with Gasteiger partial charge in [0.1, 0.15) is 0 Å². The molecule has 27 heavy (non-hydrogen) atoms. The van der Waals surface area contributed by atoms with Crippen LogP contribution in [0.1, 0.15) is 5.56 Å². The highest BCUT2D eigenvalue weighted by Crippen LogP contribution is 2.31. The van der Waals surface area contributed by atoms with Gasteiger partial charge in [0.25, 0.3) is 10.0 Å². The smallest absolute Gasteiger partial charge is 0.261 e. The summed E-state index contributed by atoms with van der Waals surface area (Å²) in [5.74, 6) is 0. The summed E-state index contributed by atoms with van der Waals surface area (Å²) in [5, 5.41) is 0.163. The number of rotatable bonds is 5. The van der Waals surface area contributed by atoms with Crippen LogP contribution in [-0.2, 0) is 19.9 Å². The number of pyridine rings is 1. The van der Waals surface area contributed by atoms with E-state index in [0.29, 0.717) is 0 Å². The van der Waals surface area contributed by atoms with Crippen LogP contribution >= 0.6 is 11.6 Å². The van der Waals surface area contributed by atoms with Gasteiger partial charge in [-0.1, -0.05) is 29.3 Å². The van der Waals surface area contributed by atoms with E-state index in [4.69, 9.17) is 11.6 Å². The number of halogens is 1. The molecule has 0 unspecified atom stereocenters. The molecule has 0 aliphatic rings. The third kappa shape index (κ3) is 4.13. The van der Waals surface area contributed by atoms with E-state index in [0.717, 1.165) is 5.56 Å². The monoisotopic (exact) mass is 422 g/mol. The summed E-state index contributed by atoms with van der Waals surface area (Å²) < 4.78 is 53.5. The van der Waals surface area contributed by atoms with Crippen molar-refractivity contribution in [3.8, 4) is 0 Å². The average molecular weight is 423 g/mol. The lowest BCUT2D eigenvalue weighted by molar-refractivity contribution is 0.596. The summed E-state index contributed by atoms with van der Waals surface area (Å²) in [6, 6.07) is 13.0. The molecule has 0 amide bonds. The molecular weight excluding hydrogens is 408 g/mol. The van der Waals surface area contributed by atoms with E-state index in [1.807, 2.05) is 6.92 Å². The largest absolute Gasteiger partial charge is 0.278 e. The van der Waals surface area contributed by atoms with Gasteiger partial charge in [-0.05, 0) is 49.4 Å². The van der Waals surface area contributed by atoms with E-state index in [1.165, 1.54) is 54.9 Å². The van der Waals surface area contributed by atoms with E-state index in [9.17, 15) is 16.8 Å². The Kier molecular flexibility index (Phi) is 5.23. The fourth-order valence-corrected chi connectivity index (χ4v) is 5.14. The quantitative estimate of drug-likeness (QED) is 0.677. The Hall–Kier alpha value is -2.42. The van der Waals surface area contributed by atoms with Gasteiger partial charge in [0, 0.05) is 17.4 Å². The summed E-state index contributed by atoms with van der Waals surface area (Å²) in [5.41, 5.74) is 0.809. The van der Waals surface area contributed by atoms with Gasteiger partial charge in [-0.25, -0.2) is 16.8 Å². The number of nitrogens with one attached hydrogen (secondary N) is 1. The minimum absolute atomic E-state index is 0.0211. The van der Waals surface area contributed by atoms with Crippen LogP contribution in [0, 0.1) is 6.92 Å². The highest BCUT2D eigenvalue weighted by molar-refractivity contribution is 7.93. The lowest BCUT2D eigenvalue weighted by atomic mass is 10.2. The van der Waals surface area contributed by atoms with Crippen molar-refractivity contribution in [2.75, 3.05) is 4.72 Å². The number of hydrogen-bond donors (Lipinski definition) is 1. The molecule has 0 aliphatic carbocycles. The molecule has 1 aromatic heterocycles. The molecule has 1 heterocycles. The molecule has 0 bridgehead atoms. The van der Waals surface area contributed by atoms with Crippen molar-refractivity contribution in [2.24, 2.45) is 0 Å². The van der Waals surface area contributed by atoms with Gasteiger partial charge in [0.05, 0.1) is 20.4 Å². The molecule has 6 nitrogen and oxygen atoms in total. The lowest BCUT2D eigenvalue weighted by Gasteiger charge is -2.14. The normalized spacial score (nSPS) is 11.9. The molecule has 1 N–H and O–H groups in total. The maximum Gasteiger partial charge on any atom is 0.261 e. The minimum Gasteiger partial charge on any atom is -0.278 e. The maximum absolute atomic E-state index is 12.9. The van der Waals surface area contributed by atoms with E-state index >= 15 is 0 Å². The topological polar surface area (TPSA) is 93.2 Å². The molecule has 3 rings (SSSR count). The Labute approximate surface area is 162 Å². The van der Waals surface area contributed by atoms with Crippen LogP contribution in [0.3, 0.4) is 0 Å². The molecule has 0 fully saturated rings. The minimum atomic E-state index is -4.03. The summed E-state index contributed by atoms with van der Waals surface area (Å²) in [7, 11) is -8.01. The molecule has 0 spiro atoms. The number of aryl methyl sites for hydroxylation is 1. The van der Waals surface area contributed by atoms with Crippen LogP contribution < -0.4 is 4.72 Å². The van der Waals surface area contributed by atoms with Gasteiger partial charge in [0.2, 0.25) is 9.84 Å². The third-order valence-corrected chi connectivity index (χ3v) is 7.15. The van der Waals surface area contributed by atoms with E-state index in [-0.39, 0.29) is 25.4 Å². The fraction of sp³-hybridized carbons (Fsp3) is 0.0556. The number of aromatic nitrogens is 1. The van der Waals surface area contributed by atoms with Crippen molar-refractivity contribution >= 4 is 37.1 Å². The van der Waals surface area contributed by atoms with Crippen LogP contribution in [0.4, 0.5) is 5.69 Å². The number of anilines is 1. The van der Waals surface area contributed by atoms with Crippen LogP contribution in [0.5, 0.6) is 0 Å². The highest BCUT2D eigenvalue weighted by Gasteiger charge is 2.25. The second kappa shape index (κ2) is 7.30. The molecule has 0 saturated heterocycles. The van der Waals surface area contributed by atoms with Gasteiger partial charge in [-0.15, -0.1) is 0 Å². The van der Waals surface area contributed by atoms with Gasteiger partial charge < -0.3 is 0 Å². The van der Waals surface area contributed by atoms with Crippen LogP contribution in [-0.4, -0.2) is 21.8 Å². The van der Waals surface area contributed by atoms with Gasteiger partial charge in [0.15, 0.2) is 0 Å². The number of hydrogen-bond acceptors (Lipinski definition) is 5. The summed E-state index contributed by atoms with van der Waals surface area (Å²) in [6.07, 6.45) is 2.63. The molecule has 0 saturated carbocycles. The van der Waals surface area contributed by atoms with Crippen molar-refractivity contribution in [3.05, 3.63) is 77.6 Å². The zero-order valence-corrected chi connectivity index (χ0v) is 16.5. The molecule has 140 valence electrons. The fourth-order valence-electron chi connectivity index (χ4n) is 2.36. The molecule has 0 atom stereocenters. The van der Waals surface area contributed by atoms with Crippen molar-refractivity contribution < 1.29 is 16.8 Å². The highest BCUT2D eigenvalue weighted by atomic mass is 35.5. The zero-order chi connectivity index (χ0) is 19.7. The Morgan fingerprint density at radius 2 is 1.63 bits per heavy atom. The summed E-state index contributed by atoms with van der Waals surface area (Å²) >= 11 is 5.96. The third-order valence-electron chi connectivity index (χ3n) is 3.75. The number of benzene rings is 2. The first kappa shape index (κ1) is 19.3. The molecule has 3 aromatic rings. The lowest BCUT2D eigenvalue weighted by Crippen LogP contribution is -2.16. The zero-order valence-electron chi connectivity index (χ0n) is 14.1. The molecule has 0 aliphatic heterocycles. The van der Waals surface area contributed by atoms with Gasteiger partial charge >= 0.3 is 0 Å². The van der Waals surface area contributed by atoms with Crippen molar-refractivity contribution in [1.29, 1.82) is 0 Å². The predicted octanol–water partition coefficient (Wildman–Crippen LogP) is 3.68. The average Bonchev–Trinajstić information content (AvgIpc) is 2.64. The number of nitrogens with zero attached hydrogens (tertiary/aromatic N) is 1. The van der Waals surface area contributed by atoms with E-state index in [1.54, 1.807) is 12.1 Å². The number of sulfone groups is 1. The van der Waals surface area contributed by atoms with Crippen molar-refractivity contribution in [1.82, 2.24) is 4.98 Å². The second-order valence-corrected chi connectivity index (χ2v) is 9.79. The van der Waals surface area contributed by atoms with Crippen molar-refractivity contribution in [3.63, 3.8) is 0 Å². The standard InChI is InChI=1S/C18H15ClN2O4S2/c1-13-4-7-15(8-5-13)27(24,25)21-17-9-6-14(19)11-18(17)26(22,23)16-3-2-10-20-12-16/h2-12,21H,1H3. The Balaban J connectivity index is 2.09. The van der Waals surface area contributed by atoms with Gasteiger partial charge in [-0.3, -0.25) is 9.71 Å². The summed E-state index contributed by atoms with van der Waals surface area (Å²) in [6.45, 7) is 1.83. The van der Waals surface area contributed by atoms with Crippen LogP contribution in [0.15, 0.2) is 81.7 Å². The van der Waals surface area contributed by atoms with Gasteiger partial charge in [-0.2, -0.15) is 0 Å². The first-order valence-corrected chi connectivity index (χ1v) is 11.1. The number of sulfonamides is 1.